The summed E-state index contributed by atoms with van der Waals surface area (Å²) in [5.74, 6) is -3.95. The summed E-state index contributed by atoms with van der Waals surface area (Å²) in [7, 11) is 0. The first-order chi connectivity index (χ1) is 26.3. The molecule has 4 rings (SSSR count). The highest BCUT2D eigenvalue weighted by molar-refractivity contribution is 5.97. The fourth-order valence-electron chi connectivity index (χ4n) is 5.91. The van der Waals surface area contributed by atoms with Crippen LogP contribution in [-0.4, -0.2) is 90.2 Å². The van der Waals surface area contributed by atoms with Crippen molar-refractivity contribution in [3.8, 4) is 0 Å². The first-order valence-corrected chi connectivity index (χ1v) is 17.6. The summed E-state index contributed by atoms with van der Waals surface area (Å²) in [4.78, 5) is 87.2. The molecule has 19 nitrogen and oxygen atoms in total. The summed E-state index contributed by atoms with van der Waals surface area (Å²) in [5, 5.41) is 26.4. The highest BCUT2D eigenvalue weighted by atomic mass is 16.6. The number of fused-ring (bicyclic) bond motifs is 1. The van der Waals surface area contributed by atoms with E-state index in [1.54, 1.807) is 0 Å². The summed E-state index contributed by atoms with van der Waals surface area (Å²) < 4.78 is 0. The van der Waals surface area contributed by atoms with Crippen LogP contribution >= 0.6 is 0 Å². The molecule has 0 aliphatic carbocycles. The Hall–Kier alpha value is -6.79. The van der Waals surface area contributed by atoms with Gasteiger partial charge in [-0.1, -0.05) is 54.6 Å². The molecule has 1 fully saturated rings. The maximum atomic E-state index is 14.0. The lowest BCUT2D eigenvalue weighted by Crippen LogP contribution is -2.58. The molecule has 0 radical (unpaired) electrons. The maximum Gasteiger partial charge on any atom is 0.269 e. The van der Waals surface area contributed by atoms with Crippen molar-refractivity contribution in [2.75, 3.05) is 19.6 Å². The quantitative estimate of drug-likeness (QED) is 0.0325. The third-order valence-electron chi connectivity index (χ3n) is 8.71. The third-order valence-corrected chi connectivity index (χ3v) is 8.71. The van der Waals surface area contributed by atoms with E-state index in [0.717, 1.165) is 10.8 Å². The molecular weight excluding hydrogens is 712 g/mol. The number of guanidine groups is 2. The average Bonchev–Trinajstić information content (AvgIpc) is 3.15. The van der Waals surface area contributed by atoms with Gasteiger partial charge in [-0.05, 0) is 47.6 Å². The topological polar surface area (TPSA) is 317 Å². The number of aliphatic imine (C=N–C) groups is 2. The van der Waals surface area contributed by atoms with Gasteiger partial charge in [0, 0.05) is 38.1 Å². The number of benzene rings is 3. The number of nitrogens with two attached hydrogens (primary N) is 4. The van der Waals surface area contributed by atoms with Crippen molar-refractivity contribution in [2.24, 2.45) is 32.9 Å². The Kier molecular flexibility index (Phi) is 14.8. The molecule has 19 heteroatoms. The SMILES string of the molecule is NC(N)=NCCC[C@@H]1NC(=O)CNC(=O)[C@H](Cc2ccc3ccccc3c2)NC(=O)[C@H](CCCN=C(N)N)NC(=O)[C@@H](Cc2ccc([N+](=O)[O-])cc2)NC1=O. The van der Waals surface area contributed by atoms with Crippen LogP contribution in [0.4, 0.5) is 5.69 Å². The number of hydrogen-bond acceptors (Lipinski definition) is 9. The molecule has 1 saturated heterocycles. The summed E-state index contributed by atoms with van der Waals surface area (Å²) in [6.07, 6.45) is 0.474. The van der Waals surface area contributed by atoms with E-state index in [1.807, 2.05) is 42.5 Å². The highest BCUT2D eigenvalue weighted by Gasteiger charge is 2.32. The minimum absolute atomic E-state index is 0.0321. The van der Waals surface area contributed by atoms with E-state index in [1.165, 1.54) is 24.3 Å². The number of rotatable bonds is 13. The first-order valence-electron chi connectivity index (χ1n) is 17.6. The second-order valence-electron chi connectivity index (χ2n) is 12.9. The number of nitrogens with one attached hydrogen (secondary N) is 5. The Bertz CT molecular complexity index is 1930. The van der Waals surface area contributed by atoms with Crippen LogP contribution in [0, 0.1) is 10.1 Å². The van der Waals surface area contributed by atoms with Crippen LogP contribution in [-0.2, 0) is 36.8 Å². The number of nitro groups is 1. The minimum atomic E-state index is -1.32. The molecule has 0 unspecified atom stereocenters. The average molecular weight is 759 g/mol. The predicted molar refractivity (Wildman–Crippen MR) is 205 cm³/mol. The van der Waals surface area contributed by atoms with Gasteiger partial charge in [0.1, 0.15) is 24.2 Å². The van der Waals surface area contributed by atoms with Crippen LogP contribution in [0.15, 0.2) is 76.7 Å². The molecule has 0 spiro atoms. The second-order valence-corrected chi connectivity index (χ2v) is 12.9. The molecule has 13 N–H and O–H groups in total. The van der Waals surface area contributed by atoms with Gasteiger partial charge in [0.05, 0.1) is 11.5 Å². The molecule has 0 saturated carbocycles. The molecule has 1 aliphatic rings. The van der Waals surface area contributed by atoms with Crippen molar-refractivity contribution in [1.29, 1.82) is 0 Å². The van der Waals surface area contributed by atoms with Gasteiger partial charge in [0.2, 0.25) is 29.5 Å². The van der Waals surface area contributed by atoms with E-state index < -0.39 is 65.2 Å². The minimum Gasteiger partial charge on any atom is -0.370 e. The third kappa shape index (κ3) is 13.0. The highest BCUT2D eigenvalue weighted by Crippen LogP contribution is 2.18. The van der Waals surface area contributed by atoms with E-state index in [9.17, 15) is 34.1 Å². The lowest BCUT2D eigenvalue weighted by molar-refractivity contribution is -0.384. The smallest absolute Gasteiger partial charge is 0.269 e. The molecule has 1 heterocycles. The number of non-ortho nitro benzene ring substituents is 1. The monoisotopic (exact) mass is 758 g/mol. The molecule has 3 aromatic carbocycles. The summed E-state index contributed by atoms with van der Waals surface area (Å²) in [5.41, 5.74) is 22.8. The van der Waals surface area contributed by atoms with E-state index in [0.29, 0.717) is 11.1 Å². The van der Waals surface area contributed by atoms with Crippen LogP contribution in [0.5, 0.6) is 0 Å². The number of nitrogens with zero attached hydrogens (tertiary/aromatic N) is 3. The van der Waals surface area contributed by atoms with Crippen molar-refractivity contribution in [3.05, 3.63) is 88.0 Å². The number of carbonyl (C=O) groups excluding carboxylic acids is 5. The molecular formula is C36H46N12O7. The van der Waals surface area contributed by atoms with Gasteiger partial charge in [-0.2, -0.15) is 0 Å². The summed E-state index contributed by atoms with van der Waals surface area (Å²) in [6, 6.07) is 13.7. The fourth-order valence-corrected chi connectivity index (χ4v) is 5.91. The predicted octanol–water partition coefficient (Wildman–Crippen LogP) is -1.29. The van der Waals surface area contributed by atoms with Crippen LogP contribution in [0.25, 0.3) is 10.8 Å². The van der Waals surface area contributed by atoms with Crippen LogP contribution < -0.4 is 49.5 Å². The Morgan fingerprint density at radius 2 is 1.13 bits per heavy atom. The Labute approximate surface area is 316 Å². The summed E-state index contributed by atoms with van der Waals surface area (Å²) in [6.45, 7) is -0.273. The molecule has 292 valence electrons. The van der Waals surface area contributed by atoms with Gasteiger partial charge in [-0.15, -0.1) is 0 Å². The van der Waals surface area contributed by atoms with E-state index in [4.69, 9.17) is 22.9 Å². The maximum absolute atomic E-state index is 14.0. The van der Waals surface area contributed by atoms with E-state index in [2.05, 4.69) is 36.6 Å². The van der Waals surface area contributed by atoms with Crippen molar-refractivity contribution >= 4 is 57.9 Å². The first kappa shape index (κ1) is 41.0. The molecule has 3 aromatic rings. The number of hydrogen-bond donors (Lipinski definition) is 9. The standard InChI is InChI=1S/C36H46N12O7/c37-35(38)41-15-3-7-26-32(51)47-29(18-21-10-13-25(14-11-21)48(54)55)34(53)45-27(8-4-16-42-36(39)40)33(52)46-28(31(50)43-20-30(49)44-26)19-22-9-12-23-5-1-2-6-24(23)17-22/h1-2,5-6,9-14,17,26-29H,3-4,7-8,15-16,18-20H2,(H,43,50)(H,44,49)(H,45,53)(H,46,52)(H,47,51)(H4,37,38,41)(H4,39,40,42)/t26-,27-,28-,29+/m0/s1. The molecule has 0 bridgehead atoms. The molecule has 0 aromatic heterocycles. The lowest BCUT2D eigenvalue weighted by atomic mass is 10.00. The van der Waals surface area contributed by atoms with E-state index in [-0.39, 0.29) is 69.2 Å². The lowest BCUT2D eigenvalue weighted by Gasteiger charge is -2.26. The zero-order valence-corrected chi connectivity index (χ0v) is 30.0. The fraction of sp³-hybridized carbons (Fsp3) is 0.361. The number of nitro benzene ring substituents is 1. The molecule has 55 heavy (non-hydrogen) atoms. The van der Waals surface area contributed by atoms with Gasteiger partial charge < -0.3 is 49.5 Å². The Balaban J connectivity index is 1.69. The summed E-state index contributed by atoms with van der Waals surface area (Å²) >= 11 is 0. The molecule has 4 atom stereocenters. The van der Waals surface area contributed by atoms with Gasteiger partial charge in [0.15, 0.2) is 11.9 Å². The molecule has 1 aliphatic heterocycles. The van der Waals surface area contributed by atoms with Crippen molar-refractivity contribution in [3.63, 3.8) is 0 Å². The van der Waals surface area contributed by atoms with Crippen LogP contribution in [0.3, 0.4) is 0 Å². The largest absolute Gasteiger partial charge is 0.370 e. The van der Waals surface area contributed by atoms with Gasteiger partial charge in [0.25, 0.3) is 5.69 Å². The van der Waals surface area contributed by atoms with Gasteiger partial charge >= 0.3 is 0 Å². The van der Waals surface area contributed by atoms with Crippen molar-refractivity contribution in [1.82, 2.24) is 26.6 Å². The normalized spacial score (nSPS) is 19.7. The van der Waals surface area contributed by atoms with Crippen molar-refractivity contribution in [2.45, 2.75) is 62.7 Å². The Morgan fingerprint density at radius 3 is 1.71 bits per heavy atom. The zero-order valence-electron chi connectivity index (χ0n) is 30.0. The van der Waals surface area contributed by atoms with Gasteiger partial charge in [-0.25, -0.2) is 0 Å². The molecule has 5 amide bonds. The van der Waals surface area contributed by atoms with Gasteiger partial charge in [-0.3, -0.25) is 44.1 Å². The number of amides is 5. The van der Waals surface area contributed by atoms with Crippen molar-refractivity contribution < 1.29 is 28.9 Å². The second kappa shape index (κ2) is 19.9. The van der Waals surface area contributed by atoms with Crippen LogP contribution in [0.1, 0.15) is 36.8 Å². The number of carbonyl (C=O) groups is 5. The van der Waals surface area contributed by atoms with Crippen LogP contribution in [0.2, 0.25) is 0 Å². The Morgan fingerprint density at radius 1 is 0.636 bits per heavy atom. The van der Waals surface area contributed by atoms with E-state index >= 15 is 0 Å². The zero-order chi connectivity index (χ0) is 39.9.